The molecule has 1 aromatic rings. The van der Waals surface area contributed by atoms with E-state index >= 15 is 0 Å². The van der Waals surface area contributed by atoms with Gasteiger partial charge in [-0.25, -0.2) is 10.3 Å². The summed E-state index contributed by atoms with van der Waals surface area (Å²) in [5.41, 5.74) is 3.16. The first-order chi connectivity index (χ1) is 8.34. The van der Waals surface area contributed by atoms with Crippen molar-refractivity contribution in [1.82, 2.24) is 10.8 Å². The maximum Gasteiger partial charge on any atom is 0.343 e. The van der Waals surface area contributed by atoms with Crippen LogP contribution in [0.1, 0.15) is 12.8 Å². The monoisotopic (exact) mass is 235 g/mol. The van der Waals surface area contributed by atoms with Gasteiger partial charge in [0.25, 0.3) is 0 Å². The van der Waals surface area contributed by atoms with Crippen molar-refractivity contribution in [3.8, 4) is 0 Å². The average molecular weight is 235 g/mol. The van der Waals surface area contributed by atoms with Gasteiger partial charge in [0.2, 0.25) is 0 Å². The highest BCUT2D eigenvalue weighted by molar-refractivity contribution is 5.88. The third-order valence-electron chi connectivity index (χ3n) is 2.60. The number of piperidine rings is 1. The molecule has 17 heavy (non-hydrogen) atoms. The molecule has 5 nitrogen and oxygen atoms in total. The molecule has 0 saturated carbocycles. The van der Waals surface area contributed by atoms with Gasteiger partial charge in [-0.15, -0.1) is 0 Å². The zero-order chi connectivity index (χ0) is 11.9. The standard InChI is InChI=1S/C12H17N3O2/c16-12(14-10-5-2-1-3-6-10)15-17-11-7-4-8-13-9-11/h1-3,5-6,11,13H,4,7-9H2,(H2,14,15,16). The fourth-order valence-electron chi connectivity index (χ4n) is 1.74. The Morgan fingerprint density at radius 3 is 2.88 bits per heavy atom. The van der Waals surface area contributed by atoms with Crippen LogP contribution >= 0.6 is 0 Å². The summed E-state index contributed by atoms with van der Waals surface area (Å²) in [6.07, 6.45) is 2.11. The molecule has 1 aromatic carbocycles. The van der Waals surface area contributed by atoms with Crippen molar-refractivity contribution in [1.29, 1.82) is 0 Å². The molecule has 92 valence electrons. The van der Waals surface area contributed by atoms with Gasteiger partial charge in [0, 0.05) is 12.2 Å². The Morgan fingerprint density at radius 1 is 1.35 bits per heavy atom. The second-order valence-corrected chi connectivity index (χ2v) is 4.01. The summed E-state index contributed by atoms with van der Waals surface area (Å²) in [6.45, 7) is 1.81. The molecule has 1 aliphatic rings. The van der Waals surface area contributed by atoms with E-state index in [1.165, 1.54) is 0 Å². The quantitative estimate of drug-likeness (QED) is 0.696. The van der Waals surface area contributed by atoms with E-state index in [0.717, 1.165) is 31.6 Å². The molecule has 1 heterocycles. The van der Waals surface area contributed by atoms with Gasteiger partial charge in [-0.05, 0) is 31.5 Å². The number of urea groups is 1. The molecule has 1 saturated heterocycles. The maximum absolute atomic E-state index is 11.5. The van der Waals surface area contributed by atoms with Gasteiger partial charge in [0.1, 0.15) is 0 Å². The highest BCUT2D eigenvalue weighted by Crippen LogP contribution is 2.06. The predicted octanol–water partition coefficient (Wildman–Crippen LogP) is 1.49. The number of amides is 2. The summed E-state index contributed by atoms with van der Waals surface area (Å²) >= 11 is 0. The Morgan fingerprint density at radius 2 is 2.18 bits per heavy atom. The minimum Gasteiger partial charge on any atom is -0.314 e. The normalized spacial score (nSPS) is 19.6. The van der Waals surface area contributed by atoms with E-state index in [0.29, 0.717) is 0 Å². The Bertz CT molecular complexity index is 350. The third-order valence-corrected chi connectivity index (χ3v) is 2.60. The van der Waals surface area contributed by atoms with E-state index in [1.54, 1.807) is 0 Å². The fraction of sp³-hybridized carbons (Fsp3) is 0.417. The van der Waals surface area contributed by atoms with Crippen molar-refractivity contribution >= 4 is 11.7 Å². The Labute approximate surface area is 100 Å². The second-order valence-electron chi connectivity index (χ2n) is 4.01. The summed E-state index contributed by atoms with van der Waals surface area (Å²) in [5.74, 6) is 0. The molecule has 2 amide bonds. The maximum atomic E-state index is 11.5. The summed E-state index contributed by atoms with van der Waals surface area (Å²) in [6, 6.07) is 8.92. The van der Waals surface area contributed by atoms with Crippen LogP contribution in [0.4, 0.5) is 10.5 Å². The molecule has 1 unspecified atom stereocenters. The number of rotatable bonds is 3. The zero-order valence-corrected chi connectivity index (χ0v) is 9.61. The molecular weight excluding hydrogens is 218 g/mol. The van der Waals surface area contributed by atoms with Gasteiger partial charge in [-0.2, -0.15) is 0 Å². The second kappa shape index (κ2) is 6.22. The number of hydrogen-bond acceptors (Lipinski definition) is 3. The zero-order valence-electron chi connectivity index (χ0n) is 9.61. The van der Waals surface area contributed by atoms with Crippen molar-refractivity contribution in [3.05, 3.63) is 30.3 Å². The minimum atomic E-state index is -0.346. The molecule has 5 heteroatoms. The lowest BCUT2D eigenvalue weighted by Crippen LogP contribution is -2.41. The van der Waals surface area contributed by atoms with E-state index in [4.69, 9.17) is 4.84 Å². The molecule has 0 aromatic heterocycles. The molecule has 0 bridgehead atoms. The van der Waals surface area contributed by atoms with Crippen LogP contribution < -0.4 is 16.1 Å². The van der Waals surface area contributed by atoms with E-state index < -0.39 is 0 Å². The summed E-state index contributed by atoms with van der Waals surface area (Å²) < 4.78 is 0. The van der Waals surface area contributed by atoms with Crippen LogP contribution in [-0.4, -0.2) is 25.2 Å². The third kappa shape index (κ3) is 4.05. The average Bonchev–Trinajstić information content (AvgIpc) is 2.39. The van der Waals surface area contributed by atoms with Crippen LogP contribution in [0.2, 0.25) is 0 Å². The Hall–Kier alpha value is -1.59. The molecule has 3 N–H and O–H groups in total. The van der Waals surface area contributed by atoms with Gasteiger partial charge in [-0.3, -0.25) is 4.84 Å². The number of nitrogens with one attached hydrogen (secondary N) is 3. The molecule has 1 atom stereocenters. The lowest BCUT2D eigenvalue weighted by Gasteiger charge is -2.22. The molecule has 0 aliphatic carbocycles. The van der Waals surface area contributed by atoms with Crippen molar-refractivity contribution in [2.45, 2.75) is 18.9 Å². The van der Waals surface area contributed by atoms with E-state index in [-0.39, 0.29) is 12.1 Å². The number of carbonyl (C=O) groups is 1. The highest BCUT2D eigenvalue weighted by atomic mass is 16.7. The van der Waals surface area contributed by atoms with Crippen LogP contribution in [-0.2, 0) is 4.84 Å². The molecular formula is C12H17N3O2. The van der Waals surface area contributed by atoms with Crippen LogP contribution in [0.15, 0.2) is 30.3 Å². The SMILES string of the molecule is O=C(NOC1CCCNC1)Nc1ccccc1. The molecule has 0 spiro atoms. The number of para-hydroxylation sites is 1. The first-order valence-electron chi connectivity index (χ1n) is 5.83. The highest BCUT2D eigenvalue weighted by Gasteiger charge is 2.14. The predicted molar refractivity (Wildman–Crippen MR) is 65.6 cm³/mol. The lowest BCUT2D eigenvalue weighted by atomic mass is 10.1. The fourth-order valence-corrected chi connectivity index (χ4v) is 1.74. The molecule has 2 rings (SSSR count). The number of anilines is 1. The first kappa shape index (κ1) is 11.9. The number of hydroxylamine groups is 1. The van der Waals surface area contributed by atoms with Gasteiger partial charge in [0.15, 0.2) is 0 Å². The van der Waals surface area contributed by atoms with Crippen molar-refractivity contribution in [2.75, 3.05) is 18.4 Å². The summed E-state index contributed by atoms with van der Waals surface area (Å²) in [4.78, 5) is 16.8. The van der Waals surface area contributed by atoms with Gasteiger partial charge < -0.3 is 10.6 Å². The van der Waals surface area contributed by atoms with E-state index in [1.807, 2.05) is 30.3 Å². The van der Waals surface area contributed by atoms with Crippen molar-refractivity contribution in [2.24, 2.45) is 0 Å². The molecule has 0 radical (unpaired) electrons. The van der Waals surface area contributed by atoms with E-state index in [9.17, 15) is 4.79 Å². The van der Waals surface area contributed by atoms with Crippen LogP contribution in [0, 0.1) is 0 Å². The van der Waals surface area contributed by atoms with E-state index in [2.05, 4.69) is 16.1 Å². The largest absolute Gasteiger partial charge is 0.343 e. The number of hydrogen-bond donors (Lipinski definition) is 3. The molecule has 1 aliphatic heterocycles. The lowest BCUT2D eigenvalue weighted by molar-refractivity contribution is -0.0125. The van der Waals surface area contributed by atoms with Crippen molar-refractivity contribution < 1.29 is 9.63 Å². The summed E-state index contributed by atoms with van der Waals surface area (Å²) in [7, 11) is 0. The van der Waals surface area contributed by atoms with Crippen LogP contribution in [0.25, 0.3) is 0 Å². The Balaban J connectivity index is 1.70. The van der Waals surface area contributed by atoms with Crippen LogP contribution in [0.3, 0.4) is 0 Å². The number of benzene rings is 1. The molecule has 1 fully saturated rings. The minimum absolute atomic E-state index is 0.0604. The van der Waals surface area contributed by atoms with Crippen molar-refractivity contribution in [3.63, 3.8) is 0 Å². The number of carbonyl (C=O) groups excluding carboxylic acids is 1. The van der Waals surface area contributed by atoms with Gasteiger partial charge in [0.05, 0.1) is 6.10 Å². The Kier molecular flexibility index (Phi) is 4.35. The summed E-state index contributed by atoms with van der Waals surface area (Å²) in [5, 5.41) is 5.90. The van der Waals surface area contributed by atoms with Gasteiger partial charge in [-0.1, -0.05) is 18.2 Å². The van der Waals surface area contributed by atoms with Gasteiger partial charge >= 0.3 is 6.03 Å². The van der Waals surface area contributed by atoms with Crippen LogP contribution in [0.5, 0.6) is 0 Å². The first-order valence-corrected chi connectivity index (χ1v) is 5.83. The topological polar surface area (TPSA) is 62.4 Å². The smallest absolute Gasteiger partial charge is 0.314 e.